The van der Waals surface area contributed by atoms with Gasteiger partial charge in [0.05, 0.1) is 6.54 Å². The molecule has 0 aliphatic rings. The number of amides is 1. The molecule has 0 fully saturated rings. The SMILES string of the molecule is C=C(C)C(=O)OCCN(C(=O)C(=C)C)C(C)(C)C. The fraction of sp³-hybridized carbons (Fsp3) is 0.571. The second-order valence-electron chi connectivity index (χ2n) is 5.32. The van der Waals surface area contributed by atoms with E-state index in [2.05, 4.69) is 13.2 Å². The molecule has 18 heavy (non-hydrogen) atoms. The molecular formula is C14H23NO3. The lowest BCUT2D eigenvalue weighted by atomic mass is 10.0. The first-order chi connectivity index (χ1) is 8.07. The molecule has 0 aromatic rings. The van der Waals surface area contributed by atoms with E-state index in [0.29, 0.717) is 17.7 Å². The molecule has 0 unspecified atom stereocenters. The topological polar surface area (TPSA) is 46.6 Å². The Balaban J connectivity index is 4.55. The number of esters is 1. The van der Waals surface area contributed by atoms with Crippen molar-refractivity contribution in [2.24, 2.45) is 0 Å². The minimum absolute atomic E-state index is 0.131. The molecule has 0 bridgehead atoms. The van der Waals surface area contributed by atoms with E-state index in [1.165, 1.54) is 0 Å². The smallest absolute Gasteiger partial charge is 0.333 e. The van der Waals surface area contributed by atoms with E-state index in [0.717, 1.165) is 0 Å². The average Bonchev–Trinajstić information content (AvgIpc) is 2.20. The van der Waals surface area contributed by atoms with E-state index in [9.17, 15) is 9.59 Å². The van der Waals surface area contributed by atoms with Gasteiger partial charge in [-0.2, -0.15) is 0 Å². The summed E-state index contributed by atoms with van der Waals surface area (Å²) in [5.74, 6) is -0.569. The van der Waals surface area contributed by atoms with Crippen molar-refractivity contribution in [3.63, 3.8) is 0 Å². The van der Waals surface area contributed by atoms with Crippen molar-refractivity contribution in [2.45, 2.75) is 40.2 Å². The van der Waals surface area contributed by atoms with Crippen LogP contribution in [-0.2, 0) is 14.3 Å². The number of hydrogen-bond donors (Lipinski definition) is 0. The zero-order valence-corrected chi connectivity index (χ0v) is 12.0. The van der Waals surface area contributed by atoms with Gasteiger partial charge in [-0.3, -0.25) is 4.79 Å². The normalized spacial score (nSPS) is 10.7. The zero-order valence-electron chi connectivity index (χ0n) is 12.0. The number of ether oxygens (including phenoxy) is 1. The molecule has 0 rings (SSSR count). The minimum Gasteiger partial charge on any atom is -0.460 e. The van der Waals surface area contributed by atoms with Gasteiger partial charge in [-0.15, -0.1) is 0 Å². The Labute approximate surface area is 109 Å². The first kappa shape index (κ1) is 16.4. The highest BCUT2D eigenvalue weighted by molar-refractivity contribution is 5.92. The number of nitrogens with zero attached hydrogens (tertiary/aromatic N) is 1. The van der Waals surface area contributed by atoms with Crippen molar-refractivity contribution in [2.75, 3.05) is 13.2 Å². The van der Waals surface area contributed by atoms with Gasteiger partial charge in [-0.1, -0.05) is 13.2 Å². The van der Waals surface area contributed by atoms with Crippen LogP contribution in [0.1, 0.15) is 34.6 Å². The molecule has 0 aliphatic carbocycles. The van der Waals surface area contributed by atoms with E-state index >= 15 is 0 Å². The molecule has 0 spiro atoms. The van der Waals surface area contributed by atoms with Crippen molar-refractivity contribution < 1.29 is 14.3 Å². The monoisotopic (exact) mass is 253 g/mol. The summed E-state index contributed by atoms with van der Waals surface area (Å²) in [7, 11) is 0. The molecule has 102 valence electrons. The van der Waals surface area contributed by atoms with E-state index in [1.54, 1.807) is 18.7 Å². The maximum atomic E-state index is 12.0. The van der Waals surface area contributed by atoms with Gasteiger partial charge in [0.2, 0.25) is 5.91 Å². The van der Waals surface area contributed by atoms with Crippen molar-refractivity contribution in [1.29, 1.82) is 0 Å². The standard InChI is InChI=1S/C14H23NO3/c1-10(2)12(16)15(14(5,6)7)8-9-18-13(17)11(3)4/h1,3,8-9H2,2,4-7H3. The highest BCUT2D eigenvalue weighted by Crippen LogP contribution is 2.15. The third kappa shape index (κ3) is 5.17. The highest BCUT2D eigenvalue weighted by Gasteiger charge is 2.26. The Morgan fingerprint density at radius 3 is 1.94 bits per heavy atom. The molecule has 0 saturated heterocycles. The highest BCUT2D eigenvalue weighted by atomic mass is 16.5. The van der Waals surface area contributed by atoms with Gasteiger partial charge < -0.3 is 9.64 Å². The predicted molar refractivity (Wildman–Crippen MR) is 72.1 cm³/mol. The molecule has 4 heteroatoms. The Morgan fingerprint density at radius 1 is 1.11 bits per heavy atom. The van der Waals surface area contributed by atoms with Crippen LogP contribution >= 0.6 is 0 Å². The van der Waals surface area contributed by atoms with Gasteiger partial charge in [-0.25, -0.2) is 4.79 Å². The Bertz CT molecular complexity index is 364. The lowest BCUT2D eigenvalue weighted by molar-refractivity contribution is -0.142. The maximum Gasteiger partial charge on any atom is 0.333 e. The van der Waals surface area contributed by atoms with Crippen LogP contribution in [0.15, 0.2) is 24.3 Å². The third-order valence-corrected chi connectivity index (χ3v) is 2.32. The fourth-order valence-electron chi connectivity index (χ4n) is 1.32. The van der Waals surface area contributed by atoms with E-state index in [1.807, 2.05) is 20.8 Å². The van der Waals surface area contributed by atoms with E-state index in [4.69, 9.17) is 4.74 Å². The molecule has 0 atom stereocenters. The van der Waals surface area contributed by atoms with Gasteiger partial charge in [0.15, 0.2) is 0 Å². The number of hydrogen-bond acceptors (Lipinski definition) is 3. The Morgan fingerprint density at radius 2 is 1.61 bits per heavy atom. The molecule has 0 radical (unpaired) electrons. The summed E-state index contributed by atoms with van der Waals surface area (Å²) >= 11 is 0. The summed E-state index contributed by atoms with van der Waals surface area (Å²) in [4.78, 5) is 24.8. The molecular weight excluding hydrogens is 230 g/mol. The minimum atomic E-state index is -0.438. The van der Waals surface area contributed by atoms with Gasteiger partial charge in [0.1, 0.15) is 6.61 Å². The summed E-state index contributed by atoms with van der Waals surface area (Å²) in [5, 5.41) is 0. The van der Waals surface area contributed by atoms with Crippen molar-refractivity contribution in [3.05, 3.63) is 24.3 Å². The summed E-state index contributed by atoms with van der Waals surface area (Å²) in [5.41, 5.74) is 0.478. The molecule has 0 heterocycles. The fourth-order valence-corrected chi connectivity index (χ4v) is 1.32. The van der Waals surface area contributed by atoms with Gasteiger partial charge in [0, 0.05) is 16.7 Å². The molecule has 0 aromatic heterocycles. The number of rotatable bonds is 5. The van der Waals surface area contributed by atoms with Crippen LogP contribution in [0.2, 0.25) is 0 Å². The van der Waals surface area contributed by atoms with Crippen molar-refractivity contribution >= 4 is 11.9 Å². The van der Waals surface area contributed by atoms with Crippen LogP contribution < -0.4 is 0 Å². The molecule has 0 aliphatic heterocycles. The lowest BCUT2D eigenvalue weighted by Crippen LogP contribution is -2.47. The van der Waals surface area contributed by atoms with Gasteiger partial charge in [0.25, 0.3) is 0 Å². The van der Waals surface area contributed by atoms with Crippen LogP contribution in [0.5, 0.6) is 0 Å². The first-order valence-electron chi connectivity index (χ1n) is 5.87. The molecule has 4 nitrogen and oxygen atoms in total. The third-order valence-electron chi connectivity index (χ3n) is 2.32. The van der Waals surface area contributed by atoms with Crippen LogP contribution in [0.4, 0.5) is 0 Å². The first-order valence-corrected chi connectivity index (χ1v) is 5.87. The number of carbonyl (C=O) groups is 2. The van der Waals surface area contributed by atoms with Crippen LogP contribution in [0.25, 0.3) is 0 Å². The van der Waals surface area contributed by atoms with Gasteiger partial charge >= 0.3 is 5.97 Å². The average molecular weight is 253 g/mol. The molecule has 1 amide bonds. The zero-order chi connectivity index (χ0) is 14.5. The predicted octanol–water partition coefficient (Wildman–Crippen LogP) is 2.31. The quantitative estimate of drug-likeness (QED) is 0.558. The summed E-state index contributed by atoms with van der Waals surface area (Å²) in [6, 6.07) is 0. The van der Waals surface area contributed by atoms with Crippen LogP contribution in [-0.4, -0.2) is 35.5 Å². The summed E-state index contributed by atoms with van der Waals surface area (Å²) < 4.78 is 5.00. The van der Waals surface area contributed by atoms with Crippen LogP contribution in [0.3, 0.4) is 0 Å². The van der Waals surface area contributed by atoms with Crippen molar-refractivity contribution in [1.82, 2.24) is 4.90 Å². The molecule has 0 saturated carbocycles. The van der Waals surface area contributed by atoms with E-state index < -0.39 is 5.97 Å². The Hall–Kier alpha value is -1.58. The number of carbonyl (C=O) groups excluding carboxylic acids is 2. The molecule has 0 N–H and O–H groups in total. The summed E-state index contributed by atoms with van der Waals surface area (Å²) in [6.07, 6.45) is 0. The maximum absolute atomic E-state index is 12.0. The molecule has 0 aromatic carbocycles. The largest absolute Gasteiger partial charge is 0.460 e. The van der Waals surface area contributed by atoms with Crippen molar-refractivity contribution in [3.8, 4) is 0 Å². The second-order valence-corrected chi connectivity index (χ2v) is 5.32. The second kappa shape index (κ2) is 6.38. The summed E-state index contributed by atoms with van der Waals surface area (Å²) in [6.45, 7) is 16.7. The van der Waals surface area contributed by atoms with Gasteiger partial charge in [-0.05, 0) is 34.6 Å². The lowest BCUT2D eigenvalue weighted by Gasteiger charge is -2.35. The van der Waals surface area contributed by atoms with Crippen LogP contribution in [0, 0.1) is 0 Å². The Kier molecular flexibility index (Phi) is 5.82. The van der Waals surface area contributed by atoms with E-state index in [-0.39, 0.29) is 18.1 Å².